The lowest BCUT2D eigenvalue weighted by Crippen LogP contribution is -2.48. The van der Waals surface area contributed by atoms with E-state index in [9.17, 15) is 14.9 Å². The number of hydrogen-bond donors (Lipinski definition) is 0. The summed E-state index contributed by atoms with van der Waals surface area (Å²) in [5.74, 6) is 0.672. The quantitative estimate of drug-likeness (QED) is 0.515. The number of pyridine rings is 1. The Bertz CT molecular complexity index is 1010. The van der Waals surface area contributed by atoms with Crippen LogP contribution >= 0.6 is 0 Å². The van der Waals surface area contributed by atoms with Gasteiger partial charge in [0.2, 0.25) is 11.7 Å². The molecule has 0 atom stereocenters. The molecule has 3 aromatic rings. The summed E-state index contributed by atoms with van der Waals surface area (Å²) in [6, 6.07) is 8.09. The summed E-state index contributed by atoms with van der Waals surface area (Å²) >= 11 is 0. The fourth-order valence-electron chi connectivity index (χ4n) is 3.04. The zero-order valence-electron chi connectivity index (χ0n) is 14.4. The second-order valence-corrected chi connectivity index (χ2v) is 6.31. The summed E-state index contributed by atoms with van der Waals surface area (Å²) in [5, 5.41) is 15.0. The molecule has 1 saturated heterocycles. The minimum absolute atomic E-state index is 0.0453. The summed E-state index contributed by atoms with van der Waals surface area (Å²) in [4.78, 5) is 33.2. The molecule has 0 bridgehead atoms. The number of benzene rings is 1. The largest absolute Gasteiger partial charge is 0.339 e. The average Bonchev–Trinajstić information content (AvgIpc) is 3.10. The third-order valence-electron chi connectivity index (χ3n) is 4.63. The molecule has 4 rings (SSSR count). The highest BCUT2D eigenvalue weighted by molar-refractivity contribution is 5.97. The molecule has 0 unspecified atom stereocenters. The molecule has 0 saturated carbocycles. The Balaban J connectivity index is 1.46. The molecular weight excluding hydrogens is 350 g/mol. The maximum absolute atomic E-state index is 12.7. The van der Waals surface area contributed by atoms with Gasteiger partial charge in [0.05, 0.1) is 10.8 Å². The number of nitrogens with zero attached hydrogens (tertiary/aromatic N) is 5. The Morgan fingerprint density at radius 1 is 1.26 bits per heavy atom. The van der Waals surface area contributed by atoms with Gasteiger partial charge in [0, 0.05) is 48.2 Å². The average molecular weight is 365 g/mol. The SMILES string of the molecule is Cc1c(C(=O)N2CC(c3nc(-c4ccncc4)no3)C2)cccc1[N+](=O)[O-]. The van der Waals surface area contributed by atoms with E-state index < -0.39 is 4.92 Å². The lowest BCUT2D eigenvalue weighted by molar-refractivity contribution is -0.385. The van der Waals surface area contributed by atoms with Gasteiger partial charge in [-0.1, -0.05) is 11.2 Å². The molecule has 1 aliphatic rings. The summed E-state index contributed by atoms with van der Waals surface area (Å²) in [7, 11) is 0. The van der Waals surface area contributed by atoms with E-state index in [2.05, 4.69) is 15.1 Å². The van der Waals surface area contributed by atoms with Crippen molar-refractivity contribution in [2.75, 3.05) is 13.1 Å². The van der Waals surface area contributed by atoms with E-state index in [1.165, 1.54) is 12.1 Å². The molecule has 1 fully saturated rings. The summed E-state index contributed by atoms with van der Waals surface area (Å²) in [6.07, 6.45) is 3.30. The van der Waals surface area contributed by atoms with Gasteiger partial charge in [0.25, 0.3) is 11.6 Å². The van der Waals surface area contributed by atoms with Crippen LogP contribution in [-0.2, 0) is 0 Å². The molecule has 0 radical (unpaired) electrons. The third kappa shape index (κ3) is 3.03. The van der Waals surface area contributed by atoms with Crippen LogP contribution < -0.4 is 0 Å². The lowest BCUT2D eigenvalue weighted by Gasteiger charge is -2.37. The highest BCUT2D eigenvalue weighted by Gasteiger charge is 2.37. The lowest BCUT2D eigenvalue weighted by atomic mass is 9.97. The van der Waals surface area contributed by atoms with Crippen LogP contribution in [0.2, 0.25) is 0 Å². The van der Waals surface area contributed by atoms with E-state index in [-0.39, 0.29) is 17.5 Å². The molecule has 136 valence electrons. The monoisotopic (exact) mass is 365 g/mol. The fraction of sp³-hybridized carbons (Fsp3) is 0.222. The Kier molecular flexibility index (Phi) is 4.11. The van der Waals surface area contributed by atoms with E-state index in [1.807, 2.05) is 0 Å². The number of likely N-dealkylation sites (tertiary alicyclic amines) is 1. The molecule has 27 heavy (non-hydrogen) atoms. The highest BCUT2D eigenvalue weighted by atomic mass is 16.6. The van der Waals surface area contributed by atoms with Crippen molar-refractivity contribution >= 4 is 11.6 Å². The fourth-order valence-corrected chi connectivity index (χ4v) is 3.04. The van der Waals surface area contributed by atoms with E-state index in [4.69, 9.17) is 4.52 Å². The molecule has 0 spiro atoms. The van der Waals surface area contributed by atoms with Crippen molar-refractivity contribution in [2.45, 2.75) is 12.8 Å². The number of amides is 1. The van der Waals surface area contributed by atoms with Crippen LogP contribution in [0.25, 0.3) is 11.4 Å². The van der Waals surface area contributed by atoms with Crippen LogP contribution in [-0.4, -0.2) is 43.9 Å². The molecule has 0 N–H and O–H groups in total. The number of nitro groups is 1. The summed E-state index contributed by atoms with van der Waals surface area (Å²) < 4.78 is 5.32. The number of carbonyl (C=O) groups is 1. The number of hydrogen-bond acceptors (Lipinski definition) is 7. The van der Waals surface area contributed by atoms with Gasteiger partial charge < -0.3 is 9.42 Å². The maximum atomic E-state index is 12.7. The molecule has 1 aliphatic heterocycles. The second kappa shape index (κ2) is 6.60. The van der Waals surface area contributed by atoms with Gasteiger partial charge >= 0.3 is 0 Å². The normalized spacial score (nSPS) is 14.0. The van der Waals surface area contributed by atoms with Crippen molar-refractivity contribution in [3.8, 4) is 11.4 Å². The second-order valence-electron chi connectivity index (χ2n) is 6.31. The minimum Gasteiger partial charge on any atom is -0.339 e. The van der Waals surface area contributed by atoms with E-state index in [0.717, 1.165) is 5.56 Å². The number of rotatable bonds is 4. The molecule has 0 aliphatic carbocycles. The van der Waals surface area contributed by atoms with Crippen LogP contribution in [0.4, 0.5) is 5.69 Å². The number of aromatic nitrogens is 3. The Hall–Kier alpha value is -3.62. The van der Waals surface area contributed by atoms with Crippen LogP contribution in [0, 0.1) is 17.0 Å². The standard InChI is InChI=1S/C18H15N5O4/c1-11-14(3-2-4-15(11)23(25)26)18(24)22-9-13(10-22)17-20-16(21-27-17)12-5-7-19-8-6-12/h2-8,13H,9-10H2,1H3. The zero-order valence-corrected chi connectivity index (χ0v) is 14.4. The van der Waals surface area contributed by atoms with E-state index in [1.54, 1.807) is 42.4 Å². The van der Waals surface area contributed by atoms with E-state index in [0.29, 0.717) is 35.9 Å². The van der Waals surface area contributed by atoms with Gasteiger partial charge in [-0.25, -0.2) is 0 Å². The maximum Gasteiger partial charge on any atom is 0.273 e. The van der Waals surface area contributed by atoms with Crippen molar-refractivity contribution in [3.63, 3.8) is 0 Å². The summed E-state index contributed by atoms with van der Waals surface area (Å²) in [5.41, 5.74) is 1.45. The van der Waals surface area contributed by atoms with Crippen LogP contribution in [0.5, 0.6) is 0 Å². The highest BCUT2D eigenvalue weighted by Crippen LogP contribution is 2.30. The first-order valence-corrected chi connectivity index (χ1v) is 8.32. The predicted octanol–water partition coefficient (Wildman–Crippen LogP) is 2.59. The molecule has 9 nitrogen and oxygen atoms in total. The molecule has 1 amide bonds. The van der Waals surface area contributed by atoms with Crippen molar-refractivity contribution in [2.24, 2.45) is 0 Å². The molecule has 3 heterocycles. The van der Waals surface area contributed by atoms with Gasteiger partial charge in [0.1, 0.15) is 0 Å². The van der Waals surface area contributed by atoms with Crippen LogP contribution in [0.3, 0.4) is 0 Å². The first-order chi connectivity index (χ1) is 13.0. The van der Waals surface area contributed by atoms with Crippen LogP contribution in [0.1, 0.15) is 27.7 Å². The zero-order chi connectivity index (χ0) is 19.0. The first-order valence-electron chi connectivity index (χ1n) is 8.32. The van der Waals surface area contributed by atoms with Crippen LogP contribution in [0.15, 0.2) is 47.2 Å². The van der Waals surface area contributed by atoms with Gasteiger partial charge in [-0.15, -0.1) is 0 Å². The van der Waals surface area contributed by atoms with E-state index >= 15 is 0 Å². The summed E-state index contributed by atoms with van der Waals surface area (Å²) in [6.45, 7) is 2.44. The van der Waals surface area contributed by atoms with Crippen molar-refractivity contribution in [3.05, 3.63) is 69.9 Å². The van der Waals surface area contributed by atoms with Crippen molar-refractivity contribution in [1.29, 1.82) is 0 Å². The van der Waals surface area contributed by atoms with Gasteiger partial charge in [-0.3, -0.25) is 19.9 Å². The predicted molar refractivity (Wildman–Crippen MR) is 94.0 cm³/mol. The number of nitro benzene ring substituents is 1. The van der Waals surface area contributed by atoms with Gasteiger partial charge in [-0.2, -0.15) is 4.98 Å². The Morgan fingerprint density at radius 3 is 2.70 bits per heavy atom. The molecule has 1 aromatic carbocycles. The Labute approximate surface area is 153 Å². The third-order valence-corrected chi connectivity index (χ3v) is 4.63. The first kappa shape index (κ1) is 16.8. The molecule has 2 aromatic heterocycles. The van der Waals surface area contributed by atoms with Crippen molar-refractivity contribution < 1.29 is 14.2 Å². The number of carbonyl (C=O) groups excluding carboxylic acids is 1. The molecule has 9 heteroatoms. The molecular formula is C18H15N5O4. The van der Waals surface area contributed by atoms with Gasteiger partial charge in [-0.05, 0) is 25.1 Å². The van der Waals surface area contributed by atoms with Gasteiger partial charge in [0.15, 0.2) is 0 Å². The Morgan fingerprint density at radius 2 is 2.00 bits per heavy atom. The topological polar surface area (TPSA) is 115 Å². The van der Waals surface area contributed by atoms with Crippen molar-refractivity contribution in [1.82, 2.24) is 20.0 Å². The smallest absolute Gasteiger partial charge is 0.273 e. The minimum atomic E-state index is -0.482.